The maximum absolute atomic E-state index is 13.5. The summed E-state index contributed by atoms with van der Waals surface area (Å²) in [6.07, 6.45) is 1.17. The van der Waals surface area contributed by atoms with Crippen LogP contribution in [-0.2, 0) is 10.2 Å². The molecule has 1 aromatic rings. The van der Waals surface area contributed by atoms with Gasteiger partial charge in [0.1, 0.15) is 5.82 Å². The number of nitrogens with two attached hydrogens (primary N) is 1. The van der Waals surface area contributed by atoms with E-state index in [0.717, 1.165) is 0 Å². The van der Waals surface area contributed by atoms with Gasteiger partial charge in [0.05, 0.1) is 5.41 Å². The minimum Gasteiger partial charge on any atom is -0.369 e. The van der Waals surface area contributed by atoms with Gasteiger partial charge < -0.3 is 5.73 Å². The molecule has 1 aromatic carbocycles. The van der Waals surface area contributed by atoms with Gasteiger partial charge in [-0.2, -0.15) is 0 Å². The molecule has 1 aliphatic rings. The molecule has 2 N–H and O–H groups in total. The van der Waals surface area contributed by atoms with Gasteiger partial charge in [-0.15, -0.1) is 0 Å². The Balaban J connectivity index is 2.56. The summed E-state index contributed by atoms with van der Waals surface area (Å²) < 4.78 is 13.5. The first-order valence-electron chi connectivity index (χ1n) is 4.32. The lowest BCUT2D eigenvalue weighted by Gasteiger charge is -2.13. The first-order valence-corrected chi connectivity index (χ1v) is 4.70. The minimum absolute atomic E-state index is 0.258. The van der Waals surface area contributed by atoms with E-state index in [1.807, 2.05) is 0 Å². The van der Waals surface area contributed by atoms with Crippen LogP contribution in [0.5, 0.6) is 0 Å². The first kappa shape index (κ1) is 9.46. The summed E-state index contributed by atoms with van der Waals surface area (Å²) in [4.78, 5) is 11.2. The molecule has 0 bridgehead atoms. The van der Waals surface area contributed by atoms with E-state index in [1.54, 1.807) is 6.07 Å². The molecule has 2 rings (SSSR count). The topological polar surface area (TPSA) is 43.1 Å². The lowest BCUT2D eigenvalue weighted by Crippen LogP contribution is -2.29. The molecule has 0 aromatic heterocycles. The third-order valence-corrected chi connectivity index (χ3v) is 2.98. The Morgan fingerprint density at radius 2 is 2.14 bits per heavy atom. The Kier molecular flexibility index (Phi) is 2.00. The van der Waals surface area contributed by atoms with Crippen LogP contribution in [0.15, 0.2) is 18.2 Å². The fourth-order valence-corrected chi connectivity index (χ4v) is 2.04. The average molecular weight is 214 g/mol. The molecule has 14 heavy (non-hydrogen) atoms. The predicted molar refractivity (Wildman–Crippen MR) is 51.5 cm³/mol. The van der Waals surface area contributed by atoms with Gasteiger partial charge in [0.15, 0.2) is 0 Å². The van der Waals surface area contributed by atoms with Gasteiger partial charge >= 0.3 is 0 Å². The second-order valence-electron chi connectivity index (χ2n) is 3.54. The molecule has 4 heteroatoms. The summed E-state index contributed by atoms with van der Waals surface area (Å²) in [6, 6.07) is 4.38. The zero-order chi connectivity index (χ0) is 10.3. The lowest BCUT2D eigenvalue weighted by molar-refractivity contribution is -0.120. The highest BCUT2D eigenvalue weighted by molar-refractivity contribution is 6.31. The summed E-state index contributed by atoms with van der Waals surface area (Å²) >= 11 is 5.85. The van der Waals surface area contributed by atoms with E-state index in [9.17, 15) is 9.18 Å². The highest BCUT2D eigenvalue weighted by Crippen LogP contribution is 2.51. The Morgan fingerprint density at radius 3 is 2.57 bits per heavy atom. The second-order valence-corrected chi connectivity index (χ2v) is 3.95. The molecule has 1 aliphatic carbocycles. The molecule has 0 aliphatic heterocycles. The first-order chi connectivity index (χ1) is 6.58. The molecular weight excluding hydrogens is 205 g/mol. The number of halogens is 2. The zero-order valence-electron chi connectivity index (χ0n) is 7.39. The van der Waals surface area contributed by atoms with Crippen molar-refractivity contribution >= 4 is 17.5 Å². The van der Waals surface area contributed by atoms with Crippen LogP contribution in [0.1, 0.15) is 18.4 Å². The zero-order valence-corrected chi connectivity index (χ0v) is 8.14. The summed E-state index contributed by atoms with van der Waals surface area (Å²) in [5.41, 5.74) is 4.65. The van der Waals surface area contributed by atoms with Crippen LogP contribution in [-0.4, -0.2) is 5.91 Å². The van der Waals surface area contributed by atoms with E-state index < -0.39 is 17.1 Å². The predicted octanol–water partition coefficient (Wildman–Crippen LogP) is 2.00. The normalized spacial score (nSPS) is 17.9. The van der Waals surface area contributed by atoms with Crippen LogP contribution in [0.3, 0.4) is 0 Å². The number of amides is 1. The van der Waals surface area contributed by atoms with E-state index >= 15 is 0 Å². The maximum Gasteiger partial charge on any atom is 0.228 e. The number of rotatable bonds is 2. The number of primary amides is 1. The number of benzene rings is 1. The molecule has 0 atom stereocenters. The second kappa shape index (κ2) is 2.95. The van der Waals surface area contributed by atoms with Crippen molar-refractivity contribution in [3.8, 4) is 0 Å². The summed E-state index contributed by atoms with van der Waals surface area (Å²) in [5.74, 6) is -0.946. The van der Waals surface area contributed by atoms with Crippen LogP contribution in [0.2, 0.25) is 5.02 Å². The van der Waals surface area contributed by atoms with Crippen LogP contribution in [0.4, 0.5) is 4.39 Å². The van der Waals surface area contributed by atoms with Crippen molar-refractivity contribution in [2.24, 2.45) is 5.73 Å². The molecule has 2 nitrogen and oxygen atoms in total. The standard InChI is InChI=1S/C10H9ClFNO/c11-6-2-1-3-7(12)8(6)10(4-5-10)9(13)14/h1-3H,4-5H2,(H2,13,14). The van der Waals surface area contributed by atoms with Crippen LogP contribution >= 0.6 is 11.6 Å². The van der Waals surface area contributed by atoms with E-state index in [2.05, 4.69) is 0 Å². The lowest BCUT2D eigenvalue weighted by atomic mass is 9.95. The number of carbonyl (C=O) groups excluding carboxylic acids is 1. The quantitative estimate of drug-likeness (QED) is 0.802. The monoisotopic (exact) mass is 213 g/mol. The van der Waals surface area contributed by atoms with E-state index in [1.165, 1.54) is 12.1 Å². The summed E-state index contributed by atoms with van der Waals surface area (Å²) in [6.45, 7) is 0. The molecule has 0 spiro atoms. The Morgan fingerprint density at radius 1 is 1.50 bits per heavy atom. The van der Waals surface area contributed by atoms with Crippen molar-refractivity contribution < 1.29 is 9.18 Å². The Bertz CT molecular complexity index is 381. The fourth-order valence-electron chi connectivity index (χ4n) is 1.70. The Hall–Kier alpha value is -1.09. The van der Waals surface area contributed by atoms with Crippen molar-refractivity contribution in [3.05, 3.63) is 34.6 Å². The third-order valence-electron chi connectivity index (χ3n) is 2.66. The van der Waals surface area contributed by atoms with Gasteiger partial charge in [0.2, 0.25) is 5.91 Å². The number of carbonyl (C=O) groups is 1. The van der Waals surface area contributed by atoms with Gasteiger partial charge in [-0.25, -0.2) is 4.39 Å². The molecule has 0 unspecified atom stereocenters. The largest absolute Gasteiger partial charge is 0.369 e. The molecule has 1 amide bonds. The molecule has 0 heterocycles. The van der Waals surface area contributed by atoms with E-state index in [-0.39, 0.29) is 10.6 Å². The highest BCUT2D eigenvalue weighted by atomic mass is 35.5. The summed E-state index contributed by atoms with van der Waals surface area (Å²) in [7, 11) is 0. The van der Waals surface area contributed by atoms with Crippen molar-refractivity contribution in [1.82, 2.24) is 0 Å². The smallest absolute Gasteiger partial charge is 0.228 e. The fraction of sp³-hybridized carbons (Fsp3) is 0.300. The average Bonchev–Trinajstić information content (AvgIpc) is 2.85. The van der Waals surface area contributed by atoms with Gasteiger partial charge in [0, 0.05) is 10.6 Å². The third kappa shape index (κ3) is 1.20. The highest BCUT2D eigenvalue weighted by Gasteiger charge is 2.52. The van der Waals surface area contributed by atoms with Crippen LogP contribution in [0, 0.1) is 5.82 Å². The van der Waals surface area contributed by atoms with Gasteiger partial charge in [-0.05, 0) is 25.0 Å². The number of hydrogen-bond acceptors (Lipinski definition) is 1. The van der Waals surface area contributed by atoms with Gasteiger partial charge in [0.25, 0.3) is 0 Å². The SMILES string of the molecule is NC(=O)C1(c2c(F)cccc2Cl)CC1. The summed E-state index contributed by atoms with van der Waals surface area (Å²) in [5, 5.41) is 0.279. The number of hydrogen-bond donors (Lipinski definition) is 1. The molecular formula is C10H9ClFNO. The van der Waals surface area contributed by atoms with Crippen molar-refractivity contribution in [3.63, 3.8) is 0 Å². The Labute approximate surface area is 85.9 Å². The van der Waals surface area contributed by atoms with Crippen LogP contribution < -0.4 is 5.73 Å². The van der Waals surface area contributed by atoms with Gasteiger partial charge in [-0.3, -0.25) is 4.79 Å². The molecule has 0 radical (unpaired) electrons. The van der Waals surface area contributed by atoms with E-state index in [0.29, 0.717) is 12.8 Å². The molecule has 1 fully saturated rings. The minimum atomic E-state index is -0.845. The van der Waals surface area contributed by atoms with Crippen LogP contribution in [0.25, 0.3) is 0 Å². The molecule has 0 saturated heterocycles. The van der Waals surface area contributed by atoms with Crippen molar-refractivity contribution in [1.29, 1.82) is 0 Å². The molecule has 74 valence electrons. The van der Waals surface area contributed by atoms with Crippen molar-refractivity contribution in [2.75, 3.05) is 0 Å². The van der Waals surface area contributed by atoms with E-state index in [4.69, 9.17) is 17.3 Å². The maximum atomic E-state index is 13.5. The van der Waals surface area contributed by atoms with Crippen molar-refractivity contribution in [2.45, 2.75) is 18.3 Å². The van der Waals surface area contributed by atoms with Gasteiger partial charge in [-0.1, -0.05) is 17.7 Å². The molecule has 1 saturated carbocycles.